The van der Waals surface area contributed by atoms with Crippen molar-refractivity contribution in [2.24, 2.45) is 11.7 Å². The van der Waals surface area contributed by atoms with Crippen LogP contribution in [-0.2, 0) is 9.59 Å². The van der Waals surface area contributed by atoms with E-state index < -0.39 is 0 Å². The smallest absolute Gasteiger partial charge is 0.241 e. The van der Waals surface area contributed by atoms with Gasteiger partial charge in [-0.1, -0.05) is 0 Å². The summed E-state index contributed by atoms with van der Waals surface area (Å²) in [7, 11) is 0. The van der Waals surface area contributed by atoms with Gasteiger partial charge in [-0.2, -0.15) is 0 Å². The lowest BCUT2D eigenvalue weighted by atomic mass is 10.1. The van der Waals surface area contributed by atoms with Crippen molar-refractivity contribution in [3.05, 3.63) is 0 Å². The summed E-state index contributed by atoms with van der Waals surface area (Å²) in [5.41, 5.74) is 5.76. The molecule has 2 unspecified atom stereocenters. The third-order valence-electron chi connectivity index (χ3n) is 3.72. The SMILES string of the molecule is Cl.NC1CCC(C(=O)NCC(=O)N2CCCC2)C1. The van der Waals surface area contributed by atoms with Crippen LogP contribution in [-0.4, -0.2) is 42.4 Å². The topological polar surface area (TPSA) is 75.4 Å². The normalized spacial score (nSPS) is 26.8. The number of nitrogens with two attached hydrogens (primary N) is 1. The summed E-state index contributed by atoms with van der Waals surface area (Å²) in [5.74, 6) is 0.0417. The highest BCUT2D eigenvalue weighted by atomic mass is 35.5. The first-order valence-corrected chi connectivity index (χ1v) is 6.48. The number of carbonyl (C=O) groups excluding carboxylic acids is 2. The van der Waals surface area contributed by atoms with E-state index in [-0.39, 0.29) is 42.7 Å². The fourth-order valence-corrected chi connectivity index (χ4v) is 2.64. The minimum Gasteiger partial charge on any atom is -0.347 e. The average Bonchev–Trinajstić information content (AvgIpc) is 2.95. The van der Waals surface area contributed by atoms with Crippen molar-refractivity contribution in [3.63, 3.8) is 0 Å². The van der Waals surface area contributed by atoms with Gasteiger partial charge in [0.2, 0.25) is 11.8 Å². The molecule has 2 rings (SSSR count). The van der Waals surface area contributed by atoms with Gasteiger partial charge in [-0.05, 0) is 32.1 Å². The van der Waals surface area contributed by atoms with E-state index in [1.807, 2.05) is 4.90 Å². The minimum absolute atomic E-state index is 0. The van der Waals surface area contributed by atoms with Crippen LogP contribution >= 0.6 is 12.4 Å². The van der Waals surface area contributed by atoms with Gasteiger partial charge in [0, 0.05) is 25.0 Å². The Balaban J connectivity index is 0.00000162. The Morgan fingerprint density at radius 2 is 1.89 bits per heavy atom. The lowest BCUT2D eigenvalue weighted by molar-refractivity contribution is -0.133. The molecule has 5 nitrogen and oxygen atoms in total. The number of rotatable bonds is 3. The zero-order chi connectivity index (χ0) is 12.3. The average molecular weight is 276 g/mol. The largest absolute Gasteiger partial charge is 0.347 e. The zero-order valence-corrected chi connectivity index (χ0v) is 11.4. The van der Waals surface area contributed by atoms with Crippen LogP contribution in [0.15, 0.2) is 0 Å². The number of halogens is 1. The van der Waals surface area contributed by atoms with Gasteiger partial charge < -0.3 is 16.0 Å². The second-order valence-electron chi connectivity index (χ2n) is 5.08. The molecule has 1 aliphatic carbocycles. The summed E-state index contributed by atoms with van der Waals surface area (Å²) in [6, 6.07) is 0.153. The second-order valence-corrected chi connectivity index (χ2v) is 5.08. The van der Waals surface area contributed by atoms with Crippen molar-refractivity contribution >= 4 is 24.2 Å². The Labute approximate surface area is 114 Å². The van der Waals surface area contributed by atoms with Gasteiger partial charge in [-0.25, -0.2) is 0 Å². The summed E-state index contributed by atoms with van der Waals surface area (Å²) in [5, 5.41) is 2.74. The van der Waals surface area contributed by atoms with Crippen molar-refractivity contribution in [1.29, 1.82) is 0 Å². The number of hydrogen-bond acceptors (Lipinski definition) is 3. The van der Waals surface area contributed by atoms with E-state index in [1.54, 1.807) is 0 Å². The van der Waals surface area contributed by atoms with Crippen LogP contribution in [0, 0.1) is 5.92 Å². The van der Waals surface area contributed by atoms with E-state index in [2.05, 4.69) is 5.32 Å². The van der Waals surface area contributed by atoms with E-state index in [9.17, 15) is 9.59 Å². The molecule has 0 aromatic heterocycles. The van der Waals surface area contributed by atoms with Crippen molar-refractivity contribution < 1.29 is 9.59 Å². The van der Waals surface area contributed by atoms with Crippen LogP contribution in [0.4, 0.5) is 0 Å². The summed E-state index contributed by atoms with van der Waals surface area (Å²) in [6.45, 7) is 1.82. The number of nitrogens with zero attached hydrogens (tertiary/aromatic N) is 1. The van der Waals surface area contributed by atoms with Gasteiger partial charge in [0.1, 0.15) is 0 Å². The highest BCUT2D eigenvalue weighted by molar-refractivity contribution is 5.86. The molecule has 2 atom stereocenters. The van der Waals surface area contributed by atoms with Crippen molar-refractivity contribution in [2.45, 2.75) is 38.1 Å². The van der Waals surface area contributed by atoms with Crippen LogP contribution in [0.25, 0.3) is 0 Å². The van der Waals surface area contributed by atoms with E-state index in [0.717, 1.165) is 45.2 Å². The molecule has 0 spiro atoms. The molecule has 0 bridgehead atoms. The van der Waals surface area contributed by atoms with Crippen molar-refractivity contribution in [1.82, 2.24) is 10.2 Å². The molecule has 0 radical (unpaired) electrons. The van der Waals surface area contributed by atoms with Crippen LogP contribution in [0.2, 0.25) is 0 Å². The molecule has 18 heavy (non-hydrogen) atoms. The molecule has 1 saturated heterocycles. The fraction of sp³-hybridized carbons (Fsp3) is 0.833. The molecule has 1 aliphatic heterocycles. The number of amides is 2. The molecule has 2 fully saturated rings. The van der Waals surface area contributed by atoms with E-state index in [0.29, 0.717) is 0 Å². The summed E-state index contributed by atoms with van der Waals surface area (Å²) < 4.78 is 0. The minimum atomic E-state index is -0.00880. The van der Waals surface area contributed by atoms with Gasteiger partial charge in [-0.15, -0.1) is 12.4 Å². The maximum Gasteiger partial charge on any atom is 0.241 e. The molecule has 1 heterocycles. The monoisotopic (exact) mass is 275 g/mol. The first-order chi connectivity index (χ1) is 8.16. The third kappa shape index (κ3) is 3.85. The van der Waals surface area contributed by atoms with E-state index in [1.165, 1.54) is 0 Å². The van der Waals surface area contributed by atoms with Gasteiger partial charge in [-0.3, -0.25) is 9.59 Å². The van der Waals surface area contributed by atoms with E-state index >= 15 is 0 Å². The van der Waals surface area contributed by atoms with Gasteiger partial charge in [0.25, 0.3) is 0 Å². The summed E-state index contributed by atoms with van der Waals surface area (Å²) in [4.78, 5) is 25.3. The Morgan fingerprint density at radius 3 is 2.44 bits per heavy atom. The maximum atomic E-state index is 11.8. The lowest BCUT2D eigenvalue weighted by Crippen LogP contribution is -2.40. The summed E-state index contributed by atoms with van der Waals surface area (Å²) in [6.07, 6.45) is 4.68. The lowest BCUT2D eigenvalue weighted by Gasteiger charge is -2.16. The van der Waals surface area contributed by atoms with Gasteiger partial charge >= 0.3 is 0 Å². The highest BCUT2D eigenvalue weighted by Crippen LogP contribution is 2.23. The molecule has 2 amide bonds. The quantitative estimate of drug-likeness (QED) is 0.777. The molecular weight excluding hydrogens is 254 g/mol. The van der Waals surface area contributed by atoms with Crippen LogP contribution < -0.4 is 11.1 Å². The Bertz CT molecular complexity index is 306. The van der Waals surface area contributed by atoms with E-state index in [4.69, 9.17) is 5.73 Å². The van der Waals surface area contributed by atoms with Gasteiger partial charge in [0.15, 0.2) is 0 Å². The maximum absolute atomic E-state index is 11.8. The van der Waals surface area contributed by atoms with Crippen LogP contribution in [0.5, 0.6) is 0 Å². The standard InChI is InChI=1S/C12H21N3O2.ClH/c13-10-4-3-9(7-10)12(17)14-8-11(16)15-5-1-2-6-15;/h9-10H,1-8,13H2,(H,14,17);1H. The first-order valence-electron chi connectivity index (χ1n) is 6.48. The molecule has 0 aromatic rings. The Morgan fingerprint density at radius 1 is 1.22 bits per heavy atom. The molecule has 104 valence electrons. The number of likely N-dealkylation sites (tertiary alicyclic amines) is 1. The second kappa shape index (κ2) is 6.95. The van der Waals surface area contributed by atoms with Gasteiger partial charge in [0.05, 0.1) is 6.54 Å². The fourth-order valence-electron chi connectivity index (χ4n) is 2.64. The number of hydrogen-bond donors (Lipinski definition) is 2. The third-order valence-corrected chi connectivity index (χ3v) is 3.72. The predicted molar refractivity (Wildman–Crippen MR) is 71.4 cm³/mol. The highest BCUT2D eigenvalue weighted by Gasteiger charge is 2.28. The molecule has 6 heteroatoms. The molecule has 1 saturated carbocycles. The number of nitrogens with one attached hydrogen (secondary N) is 1. The van der Waals surface area contributed by atoms with Crippen LogP contribution in [0.1, 0.15) is 32.1 Å². The molecule has 0 aromatic carbocycles. The Kier molecular flexibility index (Phi) is 5.88. The van der Waals surface area contributed by atoms with Crippen molar-refractivity contribution in [3.8, 4) is 0 Å². The number of carbonyl (C=O) groups is 2. The summed E-state index contributed by atoms with van der Waals surface area (Å²) >= 11 is 0. The first kappa shape index (κ1) is 15.2. The molecule has 2 aliphatic rings. The van der Waals surface area contributed by atoms with Crippen molar-refractivity contribution in [2.75, 3.05) is 19.6 Å². The molecular formula is C12H22ClN3O2. The van der Waals surface area contributed by atoms with Crippen LogP contribution in [0.3, 0.4) is 0 Å². The predicted octanol–water partition coefficient (Wildman–Crippen LogP) is 0.274. The molecule has 3 N–H and O–H groups in total. The zero-order valence-electron chi connectivity index (χ0n) is 10.6. The Hall–Kier alpha value is -0.810.